The number of amides is 3. The van der Waals surface area contributed by atoms with Crippen LogP contribution >= 0.6 is 0 Å². The van der Waals surface area contributed by atoms with Gasteiger partial charge in [-0.2, -0.15) is 0 Å². The zero-order valence-corrected chi connectivity index (χ0v) is 18.2. The van der Waals surface area contributed by atoms with Gasteiger partial charge < -0.3 is 10.4 Å². The molecule has 3 N–H and O–H groups in total. The van der Waals surface area contributed by atoms with E-state index in [0.717, 1.165) is 56.1 Å². The van der Waals surface area contributed by atoms with E-state index >= 15 is 0 Å². The summed E-state index contributed by atoms with van der Waals surface area (Å²) in [6, 6.07) is 5.05. The summed E-state index contributed by atoms with van der Waals surface area (Å²) in [5, 5.41) is 16.8. The molecule has 1 aromatic rings. The van der Waals surface area contributed by atoms with Crippen LogP contribution in [0.5, 0.6) is 0 Å². The zero-order chi connectivity index (χ0) is 21.9. The molecule has 1 aliphatic carbocycles. The van der Waals surface area contributed by atoms with E-state index in [-0.39, 0.29) is 23.8 Å². The molecule has 4 aliphatic rings. The number of carbonyl (C=O) groups is 3. The van der Waals surface area contributed by atoms with Gasteiger partial charge in [0.1, 0.15) is 5.54 Å². The molecule has 3 aliphatic heterocycles. The van der Waals surface area contributed by atoms with Crippen molar-refractivity contribution in [2.75, 3.05) is 5.32 Å². The van der Waals surface area contributed by atoms with Crippen molar-refractivity contribution >= 4 is 23.4 Å². The first-order chi connectivity index (χ1) is 14.9. The lowest BCUT2D eigenvalue weighted by molar-refractivity contribution is -0.146. The van der Waals surface area contributed by atoms with Gasteiger partial charge in [-0.25, -0.2) is 0 Å². The molecule has 3 fully saturated rings. The highest BCUT2D eigenvalue weighted by Gasteiger charge is 2.71. The third-order valence-electron chi connectivity index (χ3n) is 7.87. The molecule has 5 rings (SSSR count). The molecule has 3 heterocycles. The van der Waals surface area contributed by atoms with Gasteiger partial charge >= 0.3 is 0 Å². The lowest BCUT2D eigenvalue weighted by Gasteiger charge is -2.32. The first-order valence-corrected chi connectivity index (χ1v) is 11.7. The van der Waals surface area contributed by atoms with E-state index in [1.807, 2.05) is 25.1 Å². The summed E-state index contributed by atoms with van der Waals surface area (Å²) in [5.41, 5.74) is 1.14. The molecule has 5 atom stereocenters. The average molecular weight is 426 g/mol. The largest absolute Gasteiger partial charge is 0.392 e. The SMILES string of the molecule is CCc1ccc2c(c1)[C@@]1(N[C@H]([C@H](C)O)[C@H]3C(=O)N(C4CCCCCC4)C(=O)[C@H]31)C(=O)N2. The molecule has 0 unspecified atom stereocenters. The van der Waals surface area contributed by atoms with Gasteiger partial charge in [-0.3, -0.25) is 24.6 Å². The number of carbonyl (C=O) groups excluding carboxylic acids is 3. The van der Waals surface area contributed by atoms with Crippen LogP contribution in [0.15, 0.2) is 18.2 Å². The van der Waals surface area contributed by atoms with Gasteiger partial charge in [-0.05, 0) is 37.8 Å². The van der Waals surface area contributed by atoms with Crippen LogP contribution in [0.1, 0.15) is 63.5 Å². The molecule has 1 spiro atoms. The van der Waals surface area contributed by atoms with Crippen molar-refractivity contribution in [2.45, 2.75) is 82.5 Å². The second kappa shape index (κ2) is 7.41. The number of fused-ring (bicyclic) bond motifs is 4. The standard InChI is InChI=1S/C24H31N3O4/c1-3-14-10-11-17-16(12-14)24(23(31)25-17)19-18(20(26-24)13(2)28)21(29)27(22(19)30)15-8-6-4-5-7-9-15/h10-13,15,18-20,26,28H,3-9H2,1-2H3,(H,25,31)/t13-,18-,19-,20+,24-/m0/s1. The fourth-order valence-corrected chi connectivity index (χ4v) is 6.31. The number of benzene rings is 1. The summed E-state index contributed by atoms with van der Waals surface area (Å²) in [4.78, 5) is 42.4. The van der Waals surface area contributed by atoms with Gasteiger partial charge in [0.05, 0.1) is 17.9 Å². The summed E-state index contributed by atoms with van der Waals surface area (Å²) in [6.45, 7) is 3.66. The Hall–Kier alpha value is -2.25. The van der Waals surface area contributed by atoms with Gasteiger partial charge in [-0.1, -0.05) is 44.7 Å². The van der Waals surface area contributed by atoms with E-state index in [1.54, 1.807) is 6.92 Å². The van der Waals surface area contributed by atoms with E-state index < -0.39 is 29.5 Å². The smallest absolute Gasteiger partial charge is 0.250 e. The van der Waals surface area contributed by atoms with Crippen LogP contribution in [0.3, 0.4) is 0 Å². The molecule has 3 amide bonds. The van der Waals surface area contributed by atoms with Crippen LogP contribution in [0.4, 0.5) is 5.69 Å². The lowest BCUT2D eigenvalue weighted by atomic mass is 9.76. The number of hydrogen-bond donors (Lipinski definition) is 3. The minimum absolute atomic E-state index is 0.106. The molecule has 0 bridgehead atoms. The highest BCUT2D eigenvalue weighted by Crippen LogP contribution is 2.54. The lowest BCUT2D eigenvalue weighted by Crippen LogP contribution is -2.55. The van der Waals surface area contributed by atoms with Crippen molar-refractivity contribution in [3.63, 3.8) is 0 Å². The summed E-state index contributed by atoms with van der Waals surface area (Å²) in [7, 11) is 0. The Morgan fingerprint density at radius 3 is 2.48 bits per heavy atom. The third-order valence-corrected chi connectivity index (χ3v) is 7.87. The monoisotopic (exact) mass is 425 g/mol. The molecular formula is C24H31N3O4. The maximum absolute atomic E-state index is 13.9. The number of hydrogen-bond acceptors (Lipinski definition) is 5. The van der Waals surface area contributed by atoms with E-state index in [1.165, 1.54) is 4.90 Å². The summed E-state index contributed by atoms with van der Waals surface area (Å²) in [5.74, 6) is -2.38. The maximum atomic E-state index is 13.9. The number of imide groups is 1. The first kappa shape index (κ1) is 20.6. The Labute approximate surface area is 182 Å². The molecule has 0 aromatic heterocycles. The van der Waals surface area contributed by atoms with Gasteiger partial charge in [0.2, 0.25) is 17.7 Å². The minimum Gasteiger partial charge on any atom is -0.392 e. The molecule has 1 aromatic carbocycles. The number of aryl methyl sites for hydroxylation is 1. The predicted molar refractivity (Wildman–Crippen MR) is 115 cm³/mol. The van der Waals surface area contributed by atoms with Gasteiger partial charge in [0.25, 0.3) is 0 Å². The summed E-state index contributed by atoms with van der Waals surface area (Å²) in [6.07, 6.45) is 5.82. The zero-order valence-electron chi connectivity index (χ0n) is 18.2. The van der Waals surface area contributed by atoms with Crippen molar-refractivity contribution in [3.8, 4) is 0 Å². The Morgan fingerprint density at radius 1 is 1.13 bits per heavy atom. The summed E-state index contributed by atoms with van der Waals surface area (Å²) >= 11 is 0. The molecule has 166 valence electrons. The Morgan fingerprint density at radius 2 is 1.84 bits per heavy atom. The van der Waals surface area contributed by atoms with Crippen LogP contribution < -0.4 is 10.6 Å². The number of likely N-dealkylation sites (tertiary alicyclic amines) is 1. The second-order valence-electron chi connectivity index (χ2n) is 9.60. The number of nitrogens with zero attached hydrogens (tertiary/aromatic N) is 1. The van der Waals surface area contributed by atoms with Crippen LogP contribution in [0.25, 0.3) is 0 Å². The molecule has 31 heavy (non-hydrogen) atoms. The van der Waals surface area contributed by atoms with Crippen LogP contribution in [-0.4, -0.2) is 45.9 Å². The highest BCUT2D eigenvalue weighted by atomic mass is 16.3. The van der Waals surface area contributed by atoms with Gasteiger partial charge in [0.15, 0.2) is 0 Å². The first-order valence-electron chi connectivity index (χ1n) is 11.7. The topological polar surface area (TPSA) is 98.7 Å². The van der Waals surface area contributed by atoms with Crippen molar-refractivity contribution in [1.29, 1.82) is 0 Å². The Kier molecular flexibility index (Phi) is 4.94. The number of aliphatic hydroxyl groups is 1. The van der Waals surface area contributed by atoms with Crippen molar-refractivity contribution in [1.82, 2.24) is 10.2 Å². The third kappa shape index (κ3) is 2.82. The van der Waals surface area contributed by atoms with Gasteiger partial charge in [0, 0.05) is 23.3 Å². The Balaban J connectivity index is 1.63. The molecule has 0 radical (unpaired) electrons. The number of aliphatic hydroxyl groups excluding tert-OH is 1. The van der Waals surface area contributed by atoms with Crippen molar-refractivity contribution in [3.05, 3.63) is 29.3 Å². The molecule has 2 saturated heterocycles. The minimum atomic E-state index is -1.32. The second-order valence-corrected chi connectivity index (χ2v) is 9.60. The van der Waals surface area contributed by atoms with Crippen LogP contribution in [-0.2, 0) is 26.3 Å². The average Bonchev–Trinajstić information content (AvgIpc) is 3.23. The van der Waals surface area contributed by atoms with E-state index in [2.05, 4.69) is 10.6 Å². The van der Waals surface area contributed by atoms with Crippen molar-refractivity contribution < 1.29 is 19.5 Å². The highest BCUT2D eigenvalue weighted by molar-refractivity contribution is 6.15. The van der Waals surface area contributed by atoms with Crippen LogP contribution in [0.2, 0.25) is 0 Å². The molecule has 7 heteroatoms. The predicted octanol–water partition coefficient (Wildman–Crippen LogP) is 2.07. The number of anilines is 1. The van der Waals surface area contributed by atoms with E-state index in [0.29, 0.717) is 5.69 Å². The number of rotatable bonds is 3. The molecule has 7 nitrogen and oxygen atoms in total. The van der Waals surface area contributed by atoms with Crippen molar-refractivity contribution in [2.24, 2.45) is 11.8 Å². The van der Waals surface area contributed by atoms with Crippen LogP contribution in [0, 0.1) is 11.8 Å². The summed E-state index contributed by atoms with van der Waals surface area (Å²) < 4.78 is 0. The maximum Gasteiger partial charge on any atom is 0.250 e. The quantitative estimate of drug-likeness (QED) is 0.509. The normalized spacial score (nSPS) is 34.1. The van der Waals surface area contributed by atoms with E-state index in [4.69, 9.17) is 0 Å². The fourth-order valence-electron chi connectivity index (χ4n) is 6.31. The van der Waals surface area contributed by atoms with E-state index in [9.17, 15) is 19.5 Å². The fraction of sp³-hybridized carbons (Fsp3) is 0.625. The Bertz CT molecular complexity index is 937. The number of nitrogens with one attached hydrogen (secondary N) is 2. The molecular weight excluding hydrogens is 394 g/mol. The van der Waals surface area contributed by atoms with Gasteiger partial charge in [-0.15, -0.1) is 0 Å². The molecule has 1 saturated carbocycles.